The van der Waals surface area contributed by atoms with Gasteiger partial charge in [-0.3, -0.25) is 0 Å². The zero-order valence-electron chi connectivity index (χ0n) is 11.6. The number of nitrogens with zero attached hydrogens (tertiary/aromatic N) is 2. The Balaban J connectivity index is 1.74. The first-order chi connectivity index (χ1) is 9.86. The zero-order chi connectivity index (χ0) is 13.8. The molecule has 0 unspecified atom stereocenters. The van der Waals surface area contributed by atoms with Crippen LogP contribution in [0.3, 0.4) is 0 Å². The Morgan fingerprint density at radius 2 is 1.95 bits per heavy atom. The Labute approximate surface area is 119 Å². The lowest BCUT2D eigenvalue weighted by molar-refractivity contribution is 0.864. The predicted molar refractivity (Wildman–Crippen MR) is 81.7 cm³/mol. The Bertz CT molecular complexity index is 578. The molecule has 104 valence electrons. The number of rotatable bonds is 5. The molecule has 3 N–H and O–H groups in total. The Morgan fingerprint density at radius 3 is 2.75 bits per heavy atom. The van der Waals surface area contributed by atoms with Crippen molar-refractivity contribution >= 4 is 5.82 Å². The van der Waals surface area contributed by atoms with E-state index < -0.39 is 0 Å². The van der Waals surface area contributed by atoms with Crippen molar-refractivity contribution in [2.45, 2.75) is 25.7 Å². The van der Waals surface area contributed by atoms with Crippen molar-refractivity contribution in [3.05, 3.63) is 41.5 Å². The lowest BCUT2D eigenvalue weighted by Gasteiger charge is -2.06. The molecule has 0 bridgehead atoms. The summed E-state index contributed by atoms with van der Waals surface area (Å²) in [5, 5.41) is 11.7. The number of fused-ring (bicyclic) bond motifs is 1. The third-order valence-electron chi connectivity index (χ3n) is 3.75. The summed E-state index contributed by atoms with van der Waals surface area (Å²) < 4.78 is 0. The third kappa shape index (κ3) is 2.80. The van der Waals surface area contributed by atoms with Gasteiger partial charge in [-0.25, -0.2) is 0 Å². The van der Waals surface area contributed by atoms with Crippen molar-refractivity contribution in [2.24, 2.45) is 5.73 Å². The summed E-state index contributed by atoms with van der Waals surface area (Å²) >= 11 is 0. The maximum absolute atomic E-state index is 5.46. The van der Waals surface area contributed by atoms with Crippen molar-refractivity contribution < 1.29 is 0 Å². The third-order valence-corrected chi connectivity index (χ3v) is 3.75. The van der Waals surface area contributed by atoms with E-state index in [-0.39, 0.29) is 0 Å². The highest BCUT2D eigenvalue weighted by molar-refractivity contribution is 5.62. The molecule has 0 atom stereocenters. The summed E-state index contributed by atoms with van der Waals surface area (Å²) in [6, 6.07) is 10.6. The molecular weight excluding hydrogens is 248 g/mol. The van der Waals surface area contributed by atoms with Crippen LogP contribution in [0.25, 0.3) is 11.3 Å². The molecule has 1 aliphatic carbocycles. The van der Waals surface area contributed by atoms with Crippen molar-refractivity contribution in [3.8, 4) is 11.3 Å². The zero-order valence-corrected chi connectivity index (χ0v) is 11.6. The van der Waals surface area contributed by atoms with Gasteiger partial charge in [-0.05, 0) is 61.6 Å². The number of hydrogen-bond donors (Lipinski definition) is 2. The molecule has 0 aliphatic heterocycles. The van der Waals surface area contributed by atoms with Gasteiger partial charge in [0.2, 0.25) is 0 Å². The van der Waals surface area contributed by atoms with E-state index >= 15 is 0 Å². The van der Waals surface area contributed by atoms with Crippen LogP contribution in [0.4, 0.5) is 5.82 Å². The maximum atomic E-state index is 5.46. The lowest BCUT2D eigenvalue weighted by atomic mass is 10.0. The largest absolute Gasteiger partial charge is 0.369 e. The van der Waals surface area contributed by atoms with Gasteiger partial charge in [-0.1, -0.05) is 12.1 Å². The van der Waals surface area contributed by atoms with Crippen LogP contribution in [-0.2, 0) is 12.8 Å². The van der Waals surface area contributed by atoms with Crippen LogP contribution < -0.4 is 11.1 Å². The Hall–Kier alpha value is -1.94. The van der Waals surface area contributed by atoms with Crippen molar-refractivity contribution in [2.75, 3.05) is 18.4 Å². The molecule has 1 aromatic heterocycles. The number of benzene rings is 1. The van der Waals surface area contributed by atoms with E-state index in [4.69, 9.17) is 5.73 Å². The summed E-state index contributed by atoms with van der Waals surface area (Å²) in [6.45, 7) is 1.52. The first-order valence-electron chi connectivity index (χ1n) is 7.26. The van der Waals surface area contributed by atoms with Gasteiger partial charge >= 0.3 is 0 Å². The van der Waals surface area contributed by atoms with E-state index in [1.165, 1.54) is 30.4 Å². The van der Waals surface area contributed by atoms with Gasteiger partial charge in [0.1, 0.15) is 5.82 Å². The van der Waals surface area contributed by atoms with E-state index in [1.807, 2.05) is 12.1 Å². The van der Waals surface area contributed by atoms with Crippen molar-refractivity contribution in [1.82, 2.24) is 10.2 Å². The Morgan fingerprint density at radius 1 is 1.05 bits per heavy atom. The fourth-order valence-corrected chi connectivity index (χ4v) is 2.63. The number of nitrogens with one attached hydrogen (secondary N) is 1. The molecular formula is C16H20N4. The van der Waals surface area contributed by atoms with E-state index in [9.17, 15) is 0 Å². The fourth-order valence-electron chi connectivity index (χ4n) is 2.63. The van der Waals surface area contributed by atoms with Gasteiger partial charge in [0.05, 0.1) is 5.69 Å². The van der Waals surface area contributed by atoms with Gasteiger partial charge in [-0.15, -0.1) is 10.2 Å². The van der Waals surface area contributed by atoms with Crippen molar-refractivity contribution in [3.63, 3.8) is 0 Å². The fraction of sp³-hybridized carbons (Fsp3) is 0.375. The van der Waals surface area contributed by atoms with Crippen LogP contribution in [0.1, 0.15) is 24.0 Å². The molecule has 0 radical (unpaired) electrons. The molecule has 2 aromatic rings. The van der Waals surface area contributed by atoms with Crippen LogP contribution in [0.5, 0.6) is 0 Å². The van der Waals surface area contributed by atoms with Gasteiger partial charge in [0.25, 0.3) is 0 Å². The molecule has 3 rings (SSSR count). The second kappa shape index (κ2) is 6.01. The molecule has 1 heterocycles. The minimum atomic E-state index is 0.688. The average Bonchev–Trinajstić information content (AvgIpc) is 2.96. The number of aromatic nitrogens is 2. The minimum absolute atomic E-state index is 0.688. The molecule has 0 saturated heterocycles. The highest BCUT2D eigenvalue weighted by Gasteiger charge is 2.12. The topological polar surface area (TPSA) is 63.8 Å². The van der Waals surface area contributed by atoms with Crippen LogP contribution in [0, 0.1) is 0 Å². The summed E-state index contributed by atoms with van der Waals surface area (Å²) in [5.74, 6) is 0.809. The minimum Gasteiger partial charge on any atom is -0.369 e. The Kier molecular flexibility index (Phi) is 3.92. The van der Waals surface area contributed by atoms with Gasteiger partial charge < -0.3 is 11.1 Å². The van der Waals surface area contributed by atoms with E-state index in [0.29, 0.717) is 6.54 Å². The van der Waals surface area contributed by atoms with Crippen molar-refractivity contribution in [1.29, 1.82) is 0 Å². The van der Waals surface area contributed by atoms with Crippen LogP contribution in [0.15, 0.2) is 30.3 Å². The molecule has 0 amide bonds. The number of hydrogen-bond acceptors (Lipinski definition) is 4. The van der Waals surface area contributed by atoms with E-state index in [2.05, 4.69) is 33.7 Å². The standard InChI is InChI=1S/C16H20N4/c17-9-2-10-18-16-8-7-15(19-20-16)14-6-5-12-3-1-4-13(12)11-14/h5-8,11H,1-4,9-10,17H2,(H,18,20). The van der Waals surface area contributed by atoms with E-state index in [1.54, 1.807) is 0 Å². The second-order valence-corrected chi connectivity index (χ2v) is 5.21. The van der Waals surface area contributed by atoms with Crippen LogP contribution in [-0.4, -0.2) is 23.3 Å². The molecule has 0 fully saturated rings. The molecule has 0 spiro atoms. The highest BCUT2D eigenvalue weighted by atomic mass is 15.2. The maximum Gasteiger partial charge on any atom is 0.148 e. The summed E-state index contributed by atoms with van der Waals surface area (Å²) in [7, 11) is 0. The monoisotopic (exact) mass is 268 g/mol. The molecule has 20 heavy (non-hydrogen) atoms. The number of aryl methyl sites for hydroxylation is 2. The molecule has 1 aromatic carbocycles. The molecule has 4 heteroatoms. The second-order valence-electron chi connectivity index (χ2n) is 5.21. The first kappa shape index (κ1) is 13.1. The highest BCUT2D eigenvalue weighted by Crippen LogP contribution is 2.27. The SMILES string of the molecule is NCCCNc1ccc(-c2ccc3c(c2)CCC3)nn1. The van der Waals surface area contributed by atoms with Crippen LogP contribution >= 0.6 is 0 Å². The summed E-state index contributed by atoms with van der Waals surface area (Å²) in [4.78, 5) is 0. The predicted octanol–water partition coefficient (Wildman–Crippen LogP) is 2.39. The molecule has 0 saturated carbocycles. The normalized spacial score (nSPS) is 13.2. The van der Waals surface area contributed by atoms with Crippen LogP contribution in [0.2, 0.25) is 0 Å². The van der Waals surface area contributed by atoms with E-state index in [0.717, 1.165) is 30.0 Å². The lowest BCUT2D eigenvalue weighted by Crippen LogP contribution is -2.09. The molecule has 4 nitrogen and oxygen atoms in total. The first-order valence-corrected chi connectivity index (χ1v) is 7.26. The molecule has 1 aliphatic rings. The van der Waals surface area contributed by atoms with Gasteiger partial charge in [-0.2, -0.15) is 0 Å². The number of anilines is 1. The smallest absolute Gasteiger partial charge is 0.148 e. The number of nitrogens with two attached hydrogens (primary N) is 1. The van der Waals surface area contributed by atoms with Gasteiger partial charge in [0, 0.05) is 12.1 Å². The summed E-state index contributed by atoms with van der Waals surface area (Å²) in [5.41, 5.74) is 10.5. The quantitative estimate of drug-likeness (QED) is 0.817. The average molecular weight is 268 g/mol. The summed E-state index contributed by atoms with van der Waals surface area (Å²) in [6.07, 6.45) is 4.61. The van der Waals surface area contributed by atoms with Gasteiger partial charge in [0.15, 0.2) is 0 Å².